The van der Waals surface area contributed by atoms with Gasteiger partial charge in [-0.2, -0.15) is 9.40 Å². The zero-order chi connectivity index (χ0) is 17.6. The highest BCUT2D eigenvalue weighted by atomic mass is 79.9. The fourth-order valence-electron chi connectivity index (χ4n) is 3.13. The van der Waals surface area contributed by atoms with E-state index in [2.05, 4.69) is 31.1 Å². The molecule has 1 aliphatic heterocycles. The van der Waals surface area contributed by atoms with Crippen LogP contribution in [0.5, 0.6) is 5.75 Å². The molecular weight excluding hydrogens is 408 g/mol. The summed E-state index contributed by atoms with van der Waals surface area (Å²) in [5.74, 6) is 0.331. The van der Waals surface area contributed by atoms with Gasteiger partial charge in [0.15, 0.2) is 5.65 Å². The number of methoxy groups -OCH3 is 1. The highest BCUT2D eigenvalue weighted by Gasteiger charge is 2.31. The summed E-state index contributed by atoms with van der Waals surface area (Å²) < 4.78 is 33.7. The molecule has 0 unspecified atom stereocenters. The van der Waals surface area contributed by atoms with Gasteiger partial charge >= 0.3 is 0 Å². The number of benzene rings is 1. The lowest BCUT2D eigenvalue weighted by Gasteiger charge is -2.28. The zero-order valence-corrected chi connectivity index (χ0v) is 15.8. The highest BCUT2D eigenvalue weighted by molar-refractivity contribution is 9.10. The fourth-order valence-corrected chi connectivity index (χ4v) is 5.24. The van der Waals surface area contributed by atoms with Crippen LogP contribution in [0.15, 0.2) is 40.0 Å². The Hall–Kier alpha value is -1.97. The number of halogens is 1. The molecule has 9 heteroatoms. The van der Waals surface area contributed by atoms with Gasteiger partial charge in [0, 0.05) is 29.1 Å². The van der Waals surface area contributed by atoms with Crippen LogP contribution < -0.4 is 4.74 Å². The lowest BCUT2D eigenvalue weighted by molar-refractivity contribution is 0.378. The summed E-state index contributed by atoms with van der Waals surface area (Å²) in [6.07, 6.45) is 4.07. The van der Waals surface area contributed by atoms with Crippen LogP contribution in [0.1, 0.15) is 11.1 Å². The second kappa shape index (κ2) is 6.08. The summed E-state index contributed by atoms with van der Waals surface area (Å²) in [5, 5.41) is 7.81. The Morgan fingerprint density at radius 2 is 2.16 bits per heavy atom. The maximum Gasteiger partial charge on any atom is 0.247 e. The standard InChI is InChI=1S/C16H15BrN4O3S/c1-24-14-3-2-11(17)6-15(14)25(22,23)21-5-4-12-10(9-21)7-18-16-13(12)8-19-20-16/h2-3,6-8H,4-5,9H2,1H3,(H,18,19,20). The quantitative estimate of drug-likeness (QED) is 0.700. The molecule has 0 aliphatic carbocycles. The molecule has 4 rings (SSSR count). The van der Waals surface area contributed by atoms with Crippen molar-refractivity contribution in [2.75, 3.05) is 13.7 Å². The minimum absolute atomic E-state index is 0.158. The van der Waals surface area contributed by atoms with E-state index in [1.807, 2.05) is 0 Å². The van der Waals surface area contributed by atoms with E-state index in [4.69, 9.17) is 4.74 Å². The molecule has 0 saturated heterocycles. The van der Waals surface area contributed by atoms with Crippen LogP contribution in [-0.4, -0.2) is 41.6 Å². The number of sulfonamides is 1. The SMILES string of the molecule is COc1ccc(Br)cc1S(=O)(=O)N1CCc2c(cnc3[nH]ncc23)C1. The molecule has 1 aromatic carbocycles. The molecular formula is C16H15BrN4O3S. The molecule has 0 amide bonds. The van der Waals surface area contributed by atoms with Crippen molar-refractivity contribution in [3.05, 3.63) is 46.2 Å². The van der Waals surface area contributed by atoms with Crippen molar-refractivity contribution in [3.63, 3.8) is 0 Å². The fraction of sp³-hybridized carbons (Fsp3) is 0.250. The largest absolute Gasteiger partial charge is 0.495 e. The zero-order valence-electron chi connectivity index (χ0n) is 13.4. The molecule has 130 valence electrons. The van der Waals surface area contributed by atoms with E-state index >= 15 is 0 Å². The van der Waals surface area contributed by atoms with Crippen LogP contribution in [0.3, 0.4) is 0 Å². The van der Waals surface area contributed by atoms with Crippen molar-refractivity contribution < 1.29 is 13.2 Å². The van der Waals surface area contributed by atoms with Gasteiger partial charge in [0.05, 0.1) is 13.3 Å². The van der Waals surface area contributed by atoms with E-state index in [0.717, 1.165) is 22.2 Å². The monoisotopic (exact) mass is 422 g/mol. The van der Waals surface area contributed by atoms with Crippen LogP contribution in [0.2, 0.25) is 0 Å². The Balaban J connectivity index is 1.74. The van der Waals surface area contributed by atoms with Crippen molar-refractivity contribution in [1.29, 1.82) is 0 Å². The normalized spacial score (nSPS) is 15.3. The van der Waals surface area contributed by atoms with E-state index in [1.54, 1.807) is 30.6 Å². The molecule has 0 spiro atoms. The predicted octanol–water partition coefficient (Wildman–Crippen LogP) is 2.48. The van der Waals surface area contributed by atoms with E-state index < -0.39 is 10.0 Å². The highest BCUT2D eigenvalue weighted by Crippen LogP contribution is 2.33. The smallest absolute Gasteiger partial charge is 0.247 e. The van der Waals surface area contributed by atoms with Crippen LogP contribution in [0.4, 0.5) is 0 Å². The number of fused-ring (bicyclic) bond motifs is 3. The van der Waals surface area contributed by atoms with Crippen LogP contribution in [0, 0.1) is 0 Å². The first kappa shape index (κ1) is 16.5. The Kier molecular flexibility index (Phi) is 4.01. The molecule has 25 heavy (non-hydrogen) atoms. The maximum absolute atomic E-state index is 13.1. The second-order valence-corrected chi connectivity index (χ2v) is 8.60. The van der Waals surface area contributed by atoms with Crippen molar-refractivity contribution in [3.8, 4) is 5.75 Å². The first-order valence-corrected chi connectivity index (χ1v) is 9.87. The van der Waals surface area contributed by atoms with E-state index in [-0.39, 0.29) is 11.4 Å². The number of ether oxygens (including phenoxy) is 1. The predicted molar refractivity (Wildman–Crippen MR) is 95.9 cm³/mol. The summed E-state index contributed by atoms with van der Waals surface area (Å²) in [4.78, 5) is 4.48. The lowest BCUT2D eigenvalue weighted by Crippen LogP contribution is -2.36. The van der Waals surface area contributed by atoms with Crippen molar-refractivity contribution in [1.82, 2.24) is 19.5 Å². The molecule has 0 saturated carbocycles. The molecule has 2 aromatic heterocycles. The summed E-state index contributed by atoms with van der Waals surface area (Å²) in [5.41, 5.74) is 2.73. The molecule has 0 radical (unpaired) electrons. The summed E-state index contributed by atoms with van der Waals surface area (Å²) in [7, 11) is -2.22. The van der Waals surface area contributed by atoms with Gasteiger partial charge in [-0.05, 0) is 35.7 Å². The van der Waals surface area contributed by atoms with Gasteiger partial charge in [-0.25, -0.2) is 13.4 Å². The molecule has 1 aliphatic rings. The molecule has 0 fully saturated rings. The van der Waals surface area contributed by atoms with Gasteiger partial charge in [0.25, 0.3) is 0 Å². The van der Waals surface area contributed by atoms with Gasteiger partial charge in [-0.15, -0.1) is 0 Å². The molecule has 0 bridgehead atoms. The minimum atomic E-state index is -3.68. The number of nitrogens with zero attached hydrogens (tertiary/aromatic N) is 3. The van der Waals surface area contributed by atoms with Crippen molar-refractivity contribution in [2.45, 2.75) is 17.9 Å². The molecule has 3 heterocycles. The lowest BCUT2D eigenvalue weighted by atomic mass is 10.0. The Morgan fingerprint density at radius 1 is 1.32 bits per heavy atom. The first-order chi connectivity index (χ1) is 12.0. The van der Waals surface area contributed by atoms with E-state index in [1.165, 1.54) is 11.4 Å². The Bertz CT molecular complexity index is 1060. The van der Waals surface area contributed by atoms with Gasteiger partial charge in [-0.1, -0.05) is 15.9 Å². The van der Waals surface area contributed by atoms with E-state index in [9.17, 15) is 8.42 Å². The summed E-state index contributed by atoms with van der Waals surface area (Å²) in [6, 6.07) is 4.97. The second-order valence-electron chi connectivity index (χ2n) is 5.78. The first-order valence-electron chi connectivity index (χ1n) is 7.64. The van der Waals surface area contributed by atoms with E-state index in [0.29, 0.717) is 23.2 Å². The number of H-pyrrole nitrogens is 1. The average molecular weight is 423 g/mol. The number of aromatic nitrogens is 3. The third kappa shape index (κ3) is 2.72. The molecule has 3 aromatic rings. The van der Waals surface area contributed by atoms with Gasteiger partial charge in [0.2, 0.25) is 10.0 Å². The van der Waals surface area contributed by atoms with Crippen molar-refractivity contribution >= 4 is 37.0 Å². The summed E-state index contributed by atoms with van der Waals surface area (Å²) in [6.45, 7) is 0.677. The molecule has 1 N–H and O–H groups in total. The number of hydrogen-bond acceptors (Lipinski definition) is 5. The topological polar surface area (TPSA) is 88.2 Å². The number of hydrogen-bond donors (Lipinski definition) is 1. The average Bonchev–Trinajstić information content (AvgIpc) is 3.10. The number of pyridine rings is 1. The number of rotatable bonds is 3. The molecule has 7 nitrogen and oxygen atoms in total. The maximum atomic E-state index is 13.1. The minimum Gasteiger partial charge on any atom is -0.495 e. The van der Waals surface area contributed by atoms with Crippen molar-refractivity contribution in [2.24, 2.45) is 0 Å². The third-order valence-electron chi connectivity index (χ3n) is 4.38. The summed E-state index contributed by atoms with van der Waals surface area (Å²) >= 11 is 3.33. The van der Waals surface area contributed by atoms with Crippen LogP contribution in [0.25, 0.3) is 11.0 Å². The molecule has 0 atom stereocenters. The van der Waals surface area contributed by atoms with Crippen LogP contribution in [-0.2, 0) is 23.0 Å². The van der Waals surface area contributed by atoms with Gasteiger partial charge in [0.1, 0.15) is 10.6 Å². The van der Waals surface area contributed by atoms with Gasteiger partial charge < -0.3 is 4.74 Å². The van der Waals surface area contributed by atoms with Crippen LogP contribution >= 0.6 is 15.9 Å². The number of nitrogens with one attached hydrogen (secondary N) is 1. The third-order valence-corrected chi connectivity index (χ3v) is 6.74. The van der Waals surface area contributed by atoms with Gasteiger partial charge in [-0.3, -0.25) is 5.10 Å². The Morgan fingerprint density at radius 3 is 2.96 bits per heavy atom. The number of aromatic amines is 1. The Labute approximate surface area is 153 Å².